The molecule has 0 aliphatic carbocycles. The van der Waals surface area contributed by atoms with Crippen molar-refractivity contribution in [3.05, 3.63) is 52.0 Å². The number of hydrogen-bond acceptors (Lipinski definition) is 4. The van der Waals surface area contributed by atoms with Gasteiger partial charge < -0.3 is 4.98 Å². The number of hydrogen-bond donors (Lipinski definition) is 2. The zero-order valence-electron chi connectivity index (χ0n) is 8.92. The number of anilines is 1. The fraction of sp³-hybridized carbons (Fsp3) is 0. The molecule has 2 rings (SSSR count). The van der Waals surface area contributed by atoms with Gasteiger partial charge in [0.2, 0.25) is 5.56 Å². The molecule has 2 heterocycles. The van der Waals surface area contributed by atoms with Crippen LogP contribution in [0.15, 0.2) is 46.2 Å². The maximum atomic E-state index is 11.9. The molecule has 2 aromatic heterocycles. The molecule has 0 bridgehead atoms. The van der Waals surface area contributed by atoms with Crippen LogP contribution < -0.4 is 10.3 Å². The van der Waals surface area contributed by atoms with Crippen LogP contribution in [0.25, 0.3) is 0 Å². The number of pyridine rings is 2. The number of nitrogens with zero attached hydrogens (tertiary/aromatic N) is 1. The molecule has 94 valence electrons. The van der Waals surface area contributed by atoms with E-state index in [0.29, 0.717) is 0 Å². The summed E-state index contributed by atoms with van der Waals surface area (Å²) in [5, 5.41) is 0.177. The van der Waals surface area contributed by atoms with Gasteiger partial charge >= 0.3 is 0 Å². The Morgan fingerprint density at radius 2 is 2.00 bits per heavy atom. The van der Waals surface area contributed by atoms with Gasteiger partial charge in [0.15, 0.2) is 0 Å². The van der Waals surface area contributed by atoms with Crippen LogP contribution in [0.4, 0.5) is 5.82 Å². The lowest BCUT2D eigenvalue weighted by atomic mass is 10.5. The molecular formula is C10H8ClN3O3S. The lowest BCUT2D eigenvalue weighted by Gasteiger charge is -2.06. The van der Waals surface area contributed by atoms with Crippen molar-refractivity contribution in [2.45, 2.75) is 4.90 Å². The van der Waals surface area contributed by atoms with E-state index in [1.54, 1.807) is 6.07 Å². The molecule has 0 aliphatic heterocycles. The molecule has 0 saturated heterocycles. The number of halogens is 1. The third kappa shape index (κ3) is 2.88. The summed E-state index contributed by atoms with van der Waals surface area (Å²) in [5.74, 6) is 0.105. The number of rotatable bonds is 3. The highest BCUT2D eigenvalue weighted by Gasteiger charge is 2.14. The van der Waals surface area contributed by atoms with Crippen LogP contribution in [-0.2, 0) is 10.0 Å². The second-order valence-electron chi connectivity index (χ2n) is 3.34. The lowest BCUT2D eigenvalue weighted by Crippen LogP contribution is -2.15. The van der Waals surface area contributed by atoms with Crippen LogP contribution in [0.5, 0.6) is 0 Å². The third-order valence-corrected chi connectivity index (χ3v) is 3.58. The molecule has 0 aromatic carbocycles. The highest BCUT2D eigenvalue weighted by molar-refractivity contribution is 7.92. The Kier molecular flexibility index (Phi) is 3.35. The van der Waals surface area contributed by atoms with E-state index in [1.165, 1.54) is 18.2 Å². The van der Waals surface area contributed by atoms with Crippen molar-refractivity contribution >= 4 is 27.4 Å². The Morgan fingerprint density at radius 3 is 2.61 bits per heavy atom. The molecule has 8 heteroatoms. The van der Waals surface area contributed by atoms with Gasteiger partial charge in [0, 0.05) is 12.3 Å². The van der Waals surface area contributed by atoms with Crippen molar-refractivity contribution in [2.24, 2.45) is 0 Å². The molecule has 2 aromatic rings. The average molecular weight is 286 g/mol. The molecule has 6 nitrogen and oxygen atoms in total. The lowest BCUT2D eigenvalue weighted by molar-refractivity contribution is 0.600. The maximum absolute atomic E-state index is 11.9. The zero-order valence-corrected chi connectivity index (χ0v) is 10.5. The Bertz CT molecular complexity index is 707. The van der Waals surface area contributed by atoms with Crippen LogP contribution in [0.2, 0.25) is 5.15 Å². The predicted molar refractivity (Wildman–Crippen MR) is 67.1 cm³/mol. The Morgan fingerprint density at radius 1 is 1.22 bits per heavy atom. The van der Waals surface area contributed by atoms with Gasteiger partial charge in [-0.3, -0.25) is 9.52 Å². The van der Waals surface area contributed by atoms with Crippen molar-refractivity contribution < 1.29 is 8.42 Å². The van der Waals surface area contributed by atoms with Crippen LogP contribution in [-0.4, -0.2) is 18.4 Å². The van der Waals surface area contributed by atoms with Gasteiger partial charge in [0.05, 0.1) is 0 Å². The molecule has 0 amide bonds. The quantitative estimate of drug-likeness (QED) is 0.830. The summed E-state index contributed by atoms with van der Waals surface area (Å²) >= 11 is 5.65. The molecule has 18 heavy (non-hydrogen) atoms. The van der Waals surface area contributed by atoms with E-state index in [1.807, 2.05) is 0 Å². The van der Waals surface area contributed by atoms with Gasteiger partial charge in [-0.15, -0.1) is 0 Å². The van der Waals surface area contributed by atoms with Gasteiger partial charge in [0.1, 0.15) is 15.9 Å². The number of aromatic amines is 1. The molecule has 2 N–H and O–H groups in total. The molecular weight excluding hydrogens is 278 g/mol. The van der Waals surface area contributed by atoms with E-state index in [4.69, 9.17) is 11.6 Å². The number of sulfonamides is 1. The highest BCUT2D eigenvalue weighted by Crippen LogP contribution is 2.14. The van der Waals surface area contributed by atoms with E-state index in [2.05, 4.69) is 14.7 Å². The second kappa shape index (κ2) is 4.79. The van der Waals surface area contributed by atoms with Crippen LogP contribution >= 0.6 is 11.6 Å². The summed E-state index contributed by atoms with van der Waals surface area (Å²) in [4.78, 5) is 16.9. The van der Waals surface area contributed by atoms with Gasteiger partial charge in [-0.1, -0.05) is 17.7 Å². The van der Waals surface area contributed by atoms with Gasteiger partial charge in [-0.05, 0) is 18.2 Å². The standard InChI is InChI=1S/C10H8ClN3O3S/c11-8-2-1-3-9(13-8)14-18(16,17)7-4-5-10(15)12-6-7/h1-6H,(H,12,15)(H,13,14). The summed E-state index contributed by atoms with van der Waals surface area (Å²) in [6.45, 7) is 0. The minimum atomic E-state index is -3.79. The normalized spacial score (nSPS) is 11.2. The molecule has 0 atom stereocenters. The fourth-order valence-corrected chi connectivity index (χ4v) is 2.36. The van der Waals surface area contributed by atoms with E-state index < -0.39 is 10.0 Å². The highest BCUT2D eigenvalue weighted by atomic mass is 35.5. The number of nitrogens with one attached hydrogen (secondary N) is 2. The minimum Gasteiger partial charge on any atom is -0.328 e. The Balaban J connectivity index is 2.33. The first kappa shape index (κ1) is 12.6. The van der Waals surface area contributed by atoms with Gasteiger partial charge in [0.25, 0.3) is 10.0 Å². The smallest absolute Gasteiger partial charge is 0.264 e. The Labute approximate surface area is 108 Å². The minimum absolute atomic E-state index is 0.0659. The van der Waals surface area contributed by atoms with E-state index in [9.17, 15) is 13.2 Å². The second-order valence-corrected chi connectivity index (χ2v) is 5.41. The average Bonchev–Trinajstić information content (AvgIpc) is 2.29. The topological polar surface area (TPSA) is 91.9 Å². The SMILES string of the molecule is O=c1ccc(S(=O)(=O)Nc2cccc(Cl)n2)c[nH]1. The first-order valence-electron chi connectivity index (χ1n) is 4.81. The molecule has 0 spiro atoms. The third-order valence-electron chi connectivity index (χ3n) is 2.02. The summed E-state index contributed by atoms with van der Waals surface area (Å²) in [5.41, 5.74) is -0.380. The molecule has 0 radical (unpaired) electrons. The van der Waals surface area contributed by atoms with E-state index in [0.717, 1.165) is 12.3 Å². The first-order chi connectivity index (χ1) is 8.47. The van der Waals surface area contributed by atoms with Gasteiger partial charge in [-0.2, -0.15) is 0 Å². The largest absolute Gasteiger partial charge is 0.328 e. The molecule has 0 fully saturated rings. The number of aromatic nitrogens is 2. The van der Waals surface area contributed by atoms with Crippen molar-refractivity contribution in [2.75, 3.05) is 4.72 Å². The van der Waals surface area contributed by atoms with Crippen molar-refractivity contribution in [1.82, 2.24) is 9.97 Å². The molecule has 0 aliphatic rings. The van der Waals surface area contributed by atoms with Crippen molar-refractivity contribution in [3.63, 3.8) is 0 Å². The monoisotopic (exact) mass is 285 g/mol. The summed E-state index contributed by atoms with van der Waals surface area (Å²) in [6.07, 6.45) is 1.11. The van der Waals surface area contributed by atoms with Crippen molar-refractivity contribution in [1.29, 1.82) is 0 Å². The summed E-state index contributed by atoms with van der Waals surface area (Å²) in [7, 11) is -3.79. The first-order valence-corrected chi connectivity index (χ1v) is 6.68. The zero-order chi connectivity index (χ0) is 13.2. The summed E-state index contributed by atoms with van der Waals surface area (Å²) in [6, 6.07) is 6.89. The van der Waals surface area contributed by atoms with Gasteiger partial charge in [-0.25, -0.2) is 13.4 Å². The summed E-state index contributed by atoms with van der Waals surface area (Å²) < 4.78 is 26.1. The molecule has 0 saturated carbocycles. The van der Waals surface area contributed by atoms with Crippen LogP contribution in [0.3, 0.4) is 0 Å². The van der Waals surface area contributed by atoms with E-state index >= 15 is 0 Å². The maximum Gasteiger partial charge on any atom is 0.264 e. The Hall–Kier alpha value is -1.86. The fourth-order valence-electron chi connectivity index (χ4n) is 1.23. The van der Waals surface area contributed by atoms with Crippen LogP contribution in [0.1, 0.15) is 0 Å². The van der Waals surface area contributed by atoms with Crippen LogP contribution in [0, 0.1) is 0 Å². The van der Waals surface area contributed by atoms with E-state index in [-0.39, 0.29) is 21.4 Å². The van der Waals surface area contributed by atoms with Crippen molar-refractivity contribution in [3.8, 4) is 0 Å². The molecule has 0 unspecified atom stereocenters. The number of H-pyrrole nitrogens is 1. The predicted octanol–water partition coefficient (Wildman–Crippen LogP) is 1.22.